The Bertz CT molecular complexity index is 415. The standard InChI is InChI=1S/C12H21N5/c1-5-7(2)17-10(6-14-12(17)13)11-8(3)15-16-9(11)4/h7,10H,5-6H2,1-4H3,(H2,13,14)(H,15,16). The summed E-state index contributed by atoms with van der Waals surface area (Å²) in [4.78, 5) is 6.60. The third-order valence-corrected chi connectivity index (χ3v) is 3.61. The Balaban J connectivity index is 2.34. The van der Waals surface area contributed by atoms with Crippen molar-refractivity contribution in [3.63, 3.8) is 0 Å². The van der Waals surface area contributed by atoms with Gasteiger partial charge in [0.05, 0.1) is 18.3 Å². The molecule has 3 N–H and O–H groups in total. The molecule has 0 aliphatic carbocycles. The smallest absolute Gasteiger partial charge is 0.192 e. The average Bonchev–Trinajstić information content (AvgIpc) is 2.82. The molecule has 5 nitrogen and oxygen atoms in total. The minimum Gasteiger partial charge on any atom is -0.370 e. The number of guanidine groups is 1. The second-order valence-corrected chi connectivity index (χ2v) is 4.73. The molecule has 5 heteroatoms. The molecule has 1 aromatic heterocycles. The predicted molar refractivity (Wildman–Crippen MR) is 68.9 cm³/mol. The Morgan fingerprint density at radius 2 is 2.24 bits per heavy atom. The molecule has 0 saturated carbocycles. The van der Waals surface area contributed by atoms with E-state index in [0.29, 0.717) is 12.0 Å². The average molecular weight is 235 g/mol. The van der Waals surface area contributed by atoms with E-state index < -0.39 is 0 Å². The first kappa shape index (κ1) is 12.0. The maximum absolute atomic E-state index is 6.00. The Morgan fingerprint density at radius 3 is 2.76 bits per heavy atom. The zero-order valence-corrected chi connectivity index (χ0v) is 11.0. The monoisotopic (exact) mass is 235 g/mol. The summed E-state index contributed by atoms with van der Waals surface area (Å²) in [5, 5.41) is 7.30. The number of aromatic amines is 1. The number of hydrogen-bond acceptors (Lipinski definition) is 4. The van der Waals surface area contributed by atoms with Crippen LogP contribution in [0.25, 0.3) is 0 Å². The molecule has 1 aliphatic rings. The van der Waals surface area contributed by atoms with Gasteiger partial charge in [-0.25, -0.2) is 0 Å². The van der Waals surface area contributed by atoms with Crippen molar-refractivity contribution in [2.45, 2.75) is 46.2 Å². The number of aromatic nitrogens is 2. The fourth-order valence-electron chi connectivity index (χ4n) is 2.52. The van der Waals surface area contributed by atoms with Gasteiger partial charge in [-0.05, 0) is 27.2 Å². The van der Waals surface area contributed by atoms with E-state index in [1.165, 1.54) is 5.56 Å². The first-order chi connectivity index (χ1) is 8.06. The molecule has 2 unspecified atom stereocenters. The highest BCUT2D eigenvalue weighted by Crippen LogP contribution is 2.31. The van der Waals surface area contributed by atoms with Crippen LogP contribution in [-0.4, -0.2) is 33.6 Å². The van der Waals surface area contributed by atoms with E-state index in [-0.39, 0.29) is 6.04 Å². The Hall–Kier alpha value is -1.52. The van der Waals surface area contributed by atoms with Crippen LogP contribution in [0.4, 0.5) is 0 Å². The number of nitrogens with zero attached hydrogens (tertiary/aromatic N) is 3. The van der Waals surface area contributed by atoms with Crippen LogP contribution in [0.15, 0.2) is 4.99 Å². The number of aryl methyl sites for hydroxylation is 2. The molecule has 2 atom stereocenters. The minimum absolute atomic E-state index is 0.240. The summed E-state index contributed by atoms with van der Waals surface area (Å²) < 4.78 is 0. The van der Waals surface area contributed by atoms with Crippen molar-refractivity contribution in [3.8, 4) is 0 Å². The van der Waals surface area contributed by atoms with Gasteiger partial charge in [0.25, 0.3) is 0 Å². The summed E-state index contributed by atoms with van der Waals surface area (Å²) >= 11 is 0. The van der Waals surface area contributed by atoms with Crippen molar-refractivity contribution in [2.24, 2.45) is 10.7 Å². The number of nitrogens with one attached hydrogen (secondary N) is 1. The van der Waals surface area contributed by atoms with Crippen LogP contribution in [0.1, 0.15) is 43.3 Å². The zero-order valence-electron chi connectivity index (χ0n) is 11.0. The normalized spacial score (nSPS) is 21.8. The van der Waals surface area contributed by atoms with E-state index in [2.05, 4.69) is 40.9 Å². The van der Waals surface area contributed by atoms with E-state index in [9.17, 15) is 0 Å². The Labute approximate surface area is 102 Å². The lowest BCUT2D eigenvalue weighted by atomic mass is 10.0. The number of aliphatic imine (C=N–C) groups is 1. The van der Waals surface area contributed by atoms with Gasteiger partial charge in [-0.1, -0.05) is 6.92 Å². The van der Waals surface area contributed by atoms with E-state index in [1.54, 1.807) is 0 Å². The van der Waals surface area contributed by atoms with Crippen molar-refractivity contribution in [3.05, 3.63) is 17.0 Å². The fraction of sp³-hybridized carbons (Fsp3) is 0.667. The number of H-pyrrole nitrogens is 1. The molecular formula is C12H21N5. The second kappa shape index (κ2) is 4.39. The molecule has 0 spiro atoms. The van der Waals surface area contributed by atoms with E-state index >= 15 is 0 Å². The first-order valence-corrected chi connectivity index (χ1v) is 6.16. The lowest BCUT2D eigenvalue weighted by Gasteiger charge is -2.32. The molecule has 0 amide bonds. The van der Waals surface area contributed by atoms with Crippen LogP contribution >= 0.6 is 0 Å². The van der Waals surface area contributed by atoms with Crippen molar-refractivity contribution in [1.29, 1.82) is 0 Å². The highest BCUT2D eigenvalue weighted by molar-refractivity contribution is 5.80. The van der Waals surface area contributed by atoms with Crippen molar-refractivity contribution in [1.82, 2.24) is 15.1 Å². The van der Waals surface area contributed by atoms with Gasteiger partial charge in [0.2, 0.25) is 0 Å². The number of hydrogen-bond donors (Lipinski definition) is 2. The van der Waals surface area contributed by atoms with Gasteiger partial charge in [-0.3, -0.25) is 10.1 Å². The highest BCUT2D eigenvalue weighted by Gasteiger charge is 2.33. The largest absolute Gasteiger partial charge is 0.370 e. The van der Waals surface area contributed by atoms with Gasteiger partial charge < -0.3 is 10.6 Å². The van der Waals surface area contributed by atoms with Gasteiger partial charge in [0, 0.05) is 17.3 Å². The van der Waals surface area contributed by atoms with Crippen LogP contribution in [0, 0.1) is 13.8 Å². The fourth-order valence-corrected chi connectivity index (χ4v) is 2.52. The maximum atomic E-state index is 6.00. The molecule has 0 aromatic carbocycles. The molecule has 0 bridgehead atoms. The summed E-state index contributed by atoms with van der Waals surface area (Å²) in [5.74, 6) is 0.657. The minimum atomic E-state index is 0.240. The van der Waals surface area contributed by atoms with E-state index in [1.807, 2.05) is 6.92 Å². The van der Waals surface area contributed by atoms with E-state index in [0.717, 1.165) is 24.4 Å². The molecule has 94 valence electrons. The first-order valence-electron chi connectivity index (χ1n) is 6.16. The van der Waals surface area contributed by atoms with Gasteiger partial charge in [-0.15, -0.1) is 0 Å². The van der Waals surface area contributed by atoms with Crippen LogP contribution in [0.5, 0.6) is 0 Å². The van der Waals surface area contributed by atoms with Crippen LogP contribution in [-0.2, 0) is 0 Å². The molecular weight excluding hydrogens is 214 g/mol. The van der Waals surface area contributed by atoms with Crippen molar-refractivity contribution in [2.75, 3.05) is 6.54 Å². The molecule has 0 radical (unpaired) electrons. The molecule has 17 heavy (non-hydrogen) atoms. The van der Waals surface area contributed by atoms with Gasteiger partial charge in [0.15, 0.2) is 5.96 Å². The van der Waals surface area contributed by atoms with Crippen molar-refractivity contribution < 1.29 is 0 Å². The predicted octanol–water partition coefficient (Wildman–Crippen LogP) is 1.50. The quantitative estimate of drug-likeness (QED) is 0.834. The summed E-state index contributed by atoms with van der Waals surface area (Å²) in [7, 11) is 0. The molecule has 1 aromatic rings. The lowest BCUT2D eigenvalue weighted by molar-refractivity contribution is 0.267. The second-order valence-electron chi connectivity index (χ2n) is 4.73. The summed E-state index contributed by atoms with van der Waals surface area (Å²) in [5.41, 5.74) is 9.41. The van der Waals surface area contributed by atoms with Gasteiger partial charge in [-0.2, -0.15) is 5.10 Å². The number of rotatable bonds is 3. The summed E-state index contributed by atoms with van der Waals surface area (Å²) in [6.07, 6.45) is 1.06. The van der Waals surface area contributed by atoms with Crippen molar-refractivity contribution >= 4 is 5.96 Å². The Morgan fingerprint density at radius 1 is 1.53 bits per heavy atom. The van der Waals surface area contributed by atoms with E-state index in [4.69, 9.17) is 5.73 Å². The van der Waals surface area contributed by atoms with Crippen LogP contribution < -0.4 is 5.73 Å². The Kier molecular flexibility index (Phi) is 3.09. The van der Waals surface area contributed by atoms with Gasteiger partial charge >= 0.3 is 0 Å². The number of nitrogens with two attached hydrogens (primary N) is 1. The zero-order chi connectivity index (χ0) is 12.6. The third-order valence-electron chi connectivity index (χ3n) is 3.61. The summed E-state index contributed by atoms with van der Waals surface area (Å²) in [6.45, 7) is 9.17. The molecule has 2 rings (SSSR count). The molecule has 2 heterocycles. The molecule has 1 aliphatic heterocycles. The summed E-state index contributed by atoms with van der Waals surface area (Å²) in [6, 6.07) is 0.642. The molecule has 0 saturated heterocycles. The molecule has 0 fully saturated rings. The highest BCUT2D eigenvalue weighted by atomic mass is 15.3. The SMILES string of the molecule is CCC(C)N1C(N)=NCC1c1c(C)n[nH]c1C. The topological polar surface area (TPSA) is 70.3 Å². The lowest BCUT2D eigenvalue weighted by Crippen LogP contribution is -2.42. The van der Waals surface area contributed by atoms with Crippen LogP contribution in [0.2, 0.25) is 0 Å². The van der Waals surface area contributed by atoms with Gasteiger partial charge in [0.1, 0.15) is 0 Å². The third kappa shape index (κ3) is 1.90. The van der Waals surface area contributed by atoms with Crippen LogP contribution in [0.3, 0.4) is 0 Å². The maximum Gasteiger partial charge on any atom is 0.192 e.